The molecule has 57 valence electrons. The topological polar surface area (TPSA) is 0 Å². The van der Waals surface area contributed by atoms with Gasteiger partial charge in [0.25, 0.3) is 0 Å². The van der Waals surface area contributed by atoms with Gasteiger partial charge in [-0.2, -0.15) is 0 Å². The zero-order chi connectivity index (χ0) is 6.24. The Hall–Kier alpha value is 0.290. The van der Waals surface area contributed by atoms with Gasteiger partial charge in [-0.05, 0) is 6.42 Å². The largest absolute Gasteiger partial charge is 0.147 e. The maximum atomic E-state index is 2.39. The van der Waals surface area contributed by atoms with Crippen molar-refractivity contribution in [1.29, 1.82) is 0 Å². The van der Waals surface area contributed by atoms with E-state index in [0.29, 0.717) is 0 Å². The molecule has 0 aliphatic rings. The van der Waals surface area contributed by atoms with Crippen LogP contribution < -0.4 is 0 Å². The van der Waals surface area contributed by atoms with Crippen LogP contribution in [0.4, 0.5) is 0 Å². The lowest BCUT2D eigenvalue weighted by molar-refractivity contribution is 0.737. The van der Waals surface area contributed by atoms with Crippen LogP contribution in [0.2, 0.25) is 0 Å². The first-order chi connectivity index (χ1) is 3.91. The fourth-order valence-corrected chi connectivity index (χ4v) is 0.697. The fourth-order valence-electron chi connectivity index (χ4n) is 0.697. The predicted molar refractivity (Wildman–Crippen MR) is 46.0 cm³/mol. The molecular formula is C8H18Cl. The Bertz CT molecular complexity index is 29.5. The Morgan fingerprint density at radius 1 is 1.00 bits per heavy atom. The van der Waals surface area contributed by atoms with Crippen LogP contribution in [0, 0.1) is 6.42 Å². The van der Waals surface area contributed by atoms with Gasteiger partial charge in [-0.25, -0.2) is 0 Å². The summed E-state index contributed by atoms with van der Waals surface area (Å²) < 4.78 is 0. The van der Waals surface area contributed by atoms with E-state index in [9.17, 15) is 0 Å². The van der Waals surface area contributed by atoms with Gasteiger partial charge in [0.05, 0.1) is 0 Å². The molecule has 0 aliphatic carbocycles. The van der Waals surface area contributed by atoms with E-state index >= 15 is 0 Å². The molecule has 0 rings (SSSR count). The van der Waals surface area contributed by atoms with Crippen LogP contribution >= 0.6 is 12.4 Å². The summed E-state index contributed by atoms with van der Waals surface area (Å²) in [5.41, 5.74) is 0. The molecule has 0 aromatic carbocycles. The highest BCUT2D eigenvalue weighted by molar-refractivity contribution is 5.85. The van der Waals surface area contributed by atoms with Gasteiger partial charge in [0.15, 0.2) is 0 Å². The van der Waals surface area contributed by atoms with Gasteiger partial charge in [-0.1, -0.05) is 46.0 Å². The molecule has 0 spiro atoms. The van der Waals surface area contributed by atoms with E-state index in [-0.39, 0.29) is 12.4 Å². The van der Waals surface area contributed by atoms with Crippen molar-refractivity contribution in [3.8, 4) is 0 Å². The van der Waals surface area contributed by atoms with Gasteiger partial charge in [-0.3, -0.25) is 0 Å². The van der Waals surface area contributed by atoms with E-state index in [1.54, 1.807) is 0 Å². The third-order valence-electron chi connectivity index (χ3n) is 1.25. The van der Waals surface area contributed by atoms with Crippen LogP contribution in [0.1, 0.15) is 46.0 Å². The lowest BCUT2D eigenvalue weighted by Gasteiger charge is -1.93. The smallest absolute Gasteiger partial charge is 0.0386 e. The van der Waals surface area contributed by atoms with E-state index < -0.39 is 0 Å². The van der Waals surface area contributed by atoms with Crippen molar-refractivity contribution >= 4 is 12.4 Å². The zero-order valence-corrected chi connectivity index (χ0v) is 7.34. The molecule has 0 unspecified atom stereocenters. The molecule has 1 radical (unpaired) electrons. The van der Waals surface area contributed by atoms with E-state index in [1.165, 1.54) is 32.1 Å². The molecule has 0 atom stereocenters. The molecule has 9 heavy (non-hydrogen) atoms. The summed E-state index contributed by atoms with van der Waals surface area (Å²) in [5.74, 6) is 0. The Morgan fingerprint density at radius 3 is 2.11 bits per heavy atom. The summed E-state index contributed by atoms with van der Waals surface area (Å²) >= 11 is 0. The minimum Gasteiger partial charge on any atom is -0.147 e. The minimum atomic E-state index is 0. The fraction of sp³-hybridized carbons (Fsp3) is 0.875. The maximum Gasteiger partial charge on any atom is -0.0386 e. The van der Waals surface area contributed by atoms with E-state index in [2.05, 4.69) is 20.3 Å². The van der Waals surface area contributed by atoms with Crippen LogP contribution in [0.5, 0.6) is 0 Å². The molecule has 0 saturated heterocycles. The van der Waals surface area contributed by atoms with Crippen molar-refractivity contribution in [2.75, 3.05) is 0 Å². The van der Waals surface area contributed by atoms with Gasteiger partial charge in [0, 0.05) is 0 Å². The zero-order valence-electron chi connectivity index (χ0n) is 6.52. The van der Waals surface area contributed by atoms with Gasteiger partial charge >= 0.3 is 0 Å². The second kappa shape index (κ2) is 11.1. The normalized spacial score (nSPS) is 8.67. The number of unbranched alkanes of at least 4 members (excludes halogenated alkanes) is 5. The Balaban J connectivity index is 0. The Labute approximate surface area is 65.4 Å². The van der Waals surface area contributed by atoms with Gasteiger partial charge < -0.3 is 0 Å². The van der Waals surface area contributed by atoms with Crippen molar-refractivity contribution in [3.05, 3.63) is 6.42 Å². The average Bonchev–Trinajstić information content (AvgIpc) is 1.81. The van der Waals surface area contributed by atoms with Gasteiger partial charge in [0.2, 0.25) is 0 Å². The molecule has 0 heterocycles. The molecule has 0 N–H and O–H groups in total. The standard InChI is InChI=1S/C8H17.ClH/c1-3-5-7-8-6-4-2;/h7H,3-6,8H2,1-2H3;1H. The summed E-state index contributed by atoms with van der Waals surface area (Å²) in [6, 6.07) is 0. The summed E-state index contributed by atoms with van der Waals surface area (Å²) in [6.07, 6.45) is 9.04. The SMILES string of the molecule is CCC[CH]CCCC.Cl. The van der Waals surface area contributed by atoms with Crippen molar-refractivity contribution in [2.45, 2.75) is 46.0 Å². The molecule has 0 aromatic rings. The van der Waals surface area contributed by atoms with Crippen LogP contribution in [0.25, 0.3) is 0 Å². The summed E-state index contributed by atoms with van der Waals surface area (Å²) in [7, 11) is 0. The average molecular weight is 150 g/mol. The molecular weight excluding hydrogens is 132 g/mol. The van der Waals surface area contributed by atoms with Gasteiger partial charge in [-0.15, -0.1) is 12.4 Å². The number of hydrogen-bond donors (Lipinski definition) is 0. The second-order valence-electron chi connectivity index (χ2n) is 2.22. The van der Waals surface area contributed by atoms with Crippen LogP contribution in [-0.4, -0.2) is 0 Å². The molecule has 0 nitrogen and oxygen atoms in total. The monoisotopic (exact) mass is 149 g/mol. The highest BCUT2D eigenvalue weighted by Crippen LogP contribution is 2.01. The predicted octanol–water partition coefficient (Wildman–Crippen LogP) is 3.60. The van der Waals surface area contributed by atoms with Crippen molar-refractivity contribution in [3.63, 3.8) is 0 Å². The summed E-state index contributed by atoms with van der Waals surface area (Å²) in [5, 5.41) is 0. The van der Waals surface area contributed by atoms with Crippen LogP contribution in [0.3, 0.4) is 0 Å². The first-order valence-corrected chi connectivity index (χ1v) is 3.73. The van der Waals surface area contributed by atoms with Crippen molar-refractivity contribution in [1.82, 2.24) is 0 Å². The highest BCUT2D eigenvalue weighted by Gasteiger charge is 1.83. The van der Waals surface area contributed by atoms with Crippen LogP contribution in [0.15, 0.2) is 0 Å². The molecule has 0 amide bonds. The molecule has 0 aliphatic heterocycles. The summed E-state index contributed by atoms with van der Waals surface area (Å²) in [4.78, 5) is 0. The quantitative estimate of drug-likeness (QED) is 0.524. The van der Waals surface area contributed by atoms with E-state index in [4.69, 9.17) is 0 Å². The second-order valence-corrected chi connectivity index (χ2v) is 2.22. The molecule has 1 heteroatoms. The maximum absolute atomic E-state index is 2.39. The molecule has 0 aromatic heterocycles. The van der Waals surface area contributed by atoms with Crippen molar-refractivity contribution < 1.29 is 0 Å². The highest BCUT2D eigenvalue weighted by atomic mass is 35.5. The van der Waals surface area contributed by atoms with Crippen molar-refractivity contribution in [2.24, 2.45) is 0 Å². The number of hydrogen-bond acceptors (Lipinski definition) is 0. The lowest BCUT2D eigenvalue weighted by atomic mass is 10.1. The third-order valence-corrected chi connectivity index (χ3v) is 1.25. The number of rotatable bonds is 5. The lowest BCUT2D eigenvalue weighted by Crippen LogP contribution is -1.75. The van der Waals surface area contributed by atoms with Crippen LogP contribution in [-0.2, 0) is 0 Å². The molecule has 0 saturated carbocycles. The first kappa shape index (κ1) is 12.0. The first-order valence-electron chi connectivity index (χ1n) is 3.73. The molecule has 0 bridgehead atoms. The van der Waals surface area contributed by atoms with E-state index in [1.807, 2.05) is 0 Å². The summed E-state index contributed by atoms with van der Waals surface area (Å²) in [6.45, 7) is 4.46. The minimum absolute atomic E-state index is 0. The number of halogens is 1. The Kier molecular flexibility index (Phi) is 14.9. The third kappa shape index (κ3) is 11.7. The molecule has 0 fully saturated rings. The van der Waals surface area contributed by atoms with Gasteiger partial charge in [0.1, 0.15) is 0 Å². The van der Waals surface area contributed by atoms with E-state index in [0.717, 1.165) is 0 Å². The Morgan fingerprint density at radius 2 is 1.67 bits per heavy atom.